The zero-order valence-electron chi connectivity index (χ0n) is 10.9. The molecule has 2 rings (SSSR count). The highest BCUT2D eigenvalue weighted by atomic mass is 16.5. The van der Waals surface area contributed by atoms with Crippen molar-refractivity contribution in [2.24, 2.45) is 0 Å². The van der Waals surface area contributed by atoms with Gasteiger partial charge in [-0.15, -0.1) is 0 Å². The van der Waals surface area contributed by atoms with E-state index in [2.05, 4.69) is 15.3 Å². The number of methoxy groups -OCH3 is 1. The monoisotopic (exact) mass is 275 g/mol. The number of carboxylic acids is 1. The number of H-pyrrole nitrogens is 1. The maximum absolute atomic E-state index is 12.1. The Bertz CT molecular complexity index is 663. The zero-order chi connectivity index (χ0) is 14.7. The van der Waals surface area contributed by atoms with Crippen molar-refractivity contribution >= 4 is 17.6 Å². The predicted octanol–water partition coefficient (Wildman–Crippen LogP) is 1.68. The number of carbonyl (C=O) groups excluding carboxylic acids is 1. The molecule has 0 fully saturated rings. The SMILES string of the molecule is COc1ncccc1C(=O)Nc1cc(C)[nH]c1C(=O)O. The Morgan fingerprint density at radius 3 is 2.85 bits per heavy atom. The van der Waals surface area contributed by atoms with Crippen molar-refractivity contribution in [1.82, 2.24) is 9.97 Å². The van der Waals surface area contributed by atoms with E-state index >= 15 is 0 Å². The summed E-state index contributed by atoms with van der Waals surface area (Å²) in [6, 6.07) is 4.68. The van der Waals surface area contributed by atoms with Crippen LogP contribution in [0.4, 0.5) is 5.69 Å². The normalized spacial score (nSPS) is 10.1. The second-order valence-electron chi connectivity index (χ2n) is 4.06. The largest absolute Gasteiger partial charge is 0.480 e. The molecule has 0 bridgehead atoms. The maximum atomic E-state index is 12.1. The van der Waals surface area contributed by atoms with Crippen LogP contribution in [0.15, 0.2) is 24.4 Å². The number of anilines is 1. The van der Waals surface area contributed by atoms with Crippen LogP contribution in [0.1, 0.15) is 26.5 Å². The first-order valence-electron chi connectivity index (χ1n) is 5.76. The van der Waals surface area contributed by atoms with Gasteiger partial charge in [0.1, 0.15) is 11.3 Å². The molecule has 2 aromatic rings. The molecule has 0 atom stereocenters. The number of aryl methyl sites for hydroxylation is 1. The first kappa shape index (κ1) is 13.6. The van der Waals surface area contributed by atoms with Gasteiger partial charge >= 0.3 is 5.97 Å². The lowest BCUT2D eigenvalue weighted by Crippen LogP contribution is -2.15. The van der Waals surface area contributed by atoms with Gasteiger partial charge in [-0.1, -0.05) is 0 Å². The van der Waals surface area contributed by atoms with Gasteiger partial charge in [0.2, 0.25) is 5.88 Å². The highest BCUT2D eigenvalue weighted by Crippen LogP contribution is 2.20. The molecule has 0 radical (unpaired) electrons. The third kappa shape index (κ3) is 2.61. The van der Waals surface area contributed by atoms with Gasteiger partial charge < -0.3 is 20.1 Å². The number of ether oxygens (including phenoxy) is 1. The van der Waals surface area contributed by atoms with E-state index in [1.54, 1.807) is 25.1 Å². The van der Waals surface area contributed by atoms with Crippen molar-refractivity contribution in [3.05, 3.63) is 41.3 Å². The summed E-state index contributed by atoms with van der Waals surface area (Å²) in [5, 5.41) is 11.6. The van der Waals surface area contributed by atoms with E-state index in [0.29, 0.717) is 5.69 Å². The van der Waals surface area contributed by atoms with Gasteiger partial charge in [0.15, 0.2) is 0 Å². The van der Waals surface area contributed by atoms with Crippen molar-refractivity contribution in [1.29, 1.82) is 0 Å². The van der Waals surface area contributed by atoms with Gasteiger partial charge in [0.25, 0.3) is 5.91 Å². The smallest absolute Gasteiger partial charge is 0.354 e. The van der Waals surface area contributed by atoms with E-state index in [9.17, 15) is 9.59 Å². The molecule has 0 saturated heterocycles. The Morgan fingerprint density at radius 1 is 1.45 bits per heavy atom. The summed E-state index contributed by atoms with van der Waals surface area (Å²) in [5.41, 5.74) is 0.991. The molecule has 0 spiro atoms. The van der Waals surface area contributed by atoms with E-state index < -0.39 is 11.9 Å². The Hall–Kier alpha value is -2.83. The Labute approximate surface area is 114 Å². The number of amides is 1. The summed E-state index contributed by atoms with van der Waals surface area (Å²) in [4.78, 5) is 29.8. The number of rotatable bonds is 4. The van der Waals surface area contributed by atoms with Gasteiger partial charge in [-0.25, -0.2) is 9.78 Å². The van der Waals surface area contributed by atoms with Gasteiger partial charge in [0.05, 0.1) is 12.8 Å². The van der Waals surface area contributed by atoms with E-state index in [1.165, 1.54) is 13.3 Å². The van der Waals surface area contributed by atoms with Crippen LogP contribution in [0.2, 0.25) is 0 Å². The van der Waals surface area contributed by atoms with Crippen molar-refractivity contribution in [3.8, 4) is 5.88 Å². The molecule has 7 heteroatoms. The van der Waals surface area contributed by atoms with Gasteiger partial charge in [-0.3, -0.25) is 4.79 Å². The number of nitrogens with zero attached hydrogens (tertiary/aromatic N) is 1. The third-order valence-electron chi connectivity index (χ3n) is 2.62. The number of aromatic carboxylic acids is 1. The molecule has 2 aromatic heterocycles. The molecule has 2 heterocycles. The van der Waals surface area contributed by atoms with Crippen molar-refractivity contribution < 1.29 is 19.4 Å². The number of nitrogens with one attached hydrogen (secondary N) is 2. The van der Waals surface area contributed by atoms with Crippen molar-refractivity contribution in [2.75, 3.05) is 12.4 Å². The topological polar surface area (TPSA) is 104 Å². The standard InChI is InChI=1S/C13H13N3O4/c1-7-6-9(10(15-7)13(18)19)16-11(17)8-4-3-5-14-12(8)20-2/h3-6,15H,1-2H3,(H,16,17)(H,18,19). The summed E-state index contributed by atoms with van der Waals surface area (Å²) < 4.78 is 4.99. The summed E-state index contributed by atoms with van der Waals surface area (Å²) in [7, 11) is 1.40. The van der Waals surface area contributed by atoms with Gasteiger partial charge in [-0.05, 0) is 25.1 Å². The quantitative estimate of drug-likeness (QED) is 0.787. The number of carboxylic acid groups (broad SMARTS) is 1. The summed E-state index contributed by atoms with van der Waals surface area (Å²) >= 11 is 0. The molecule has 0 unspecified atom stereocenters. The van der Waals surface area contributed by atoms with Crippen LogP contribution >= 0.6 is 0 Å². The van der Waals surface area contributed by atoms with E-state index in [0.717, 1.165) is 0 Å². The molecule has 7 nitrogen and oxygen atoms in total. The number of hydrogen-bond donors (Lipinski definition) is 3. The molecule has 1 amide bonds. The van der Waals surface area contributed by atoms with Crippen molar-refractivity contribution in [3.63, 3.8) is 0 Å². The predicted molar refractivity (Wildman–Crippen MR) is 71.2 cm³/mol. The fourth-order valence-corrected chi connectivity index (χ4v) is 1.77. The molecule has 20 heavy (non-hydrogen) atoms. The van der Waals surface area contributed by atoms with Crippen LogP contribution < -0.4 is 10.1 Å². The number of pyridine rings is 1. The van der Waals surface area contributed by atoms with Crippen LogP contribution in [0.5, 0.6) is 5.88 Å². The van der Waals surface area contributed by atoms with Crippen LogP contribution in [0.25, 0.3) is 0 Å². The van der Waals surface area contributed by atoms with Crippen molar-refractivity contribution in [2.45, 2.75) is 6.92 Å². The average Bonchev–Trinajstić information content (AvgIpc) is 2.79. The van der Waals surface area contributed by atoms with Crippen LogP contribution in [-0.2, 0) is 0 Å². The van der Waals surface area contributed by atoms with Crippen LogP contribution in [0, 0.1) is 6.92 Å². The Balaban J connectivity index is 2.30. The Morgan fingerprint density at radius 2 is 2.20 bits per heavy atom. The first-order chi connectivity index (χ1) is 9.52. The lowest BCUT2D eigenvalue weighted by molar-refractivity contribution is 0.0692. The number of hydrogen-bond acceptors (Lipinski definition) is 4. The lowest BCUT2D eigenvalue weighted by Gasteiger charge is -2.07. The first-order valence-corrected chi connectivity index (χ1v) is 5.76. The molecule has 0 saturated carbocycles. The zero-order valence-corrected chi connectivity index (χ0v) is 10.9. The molecule has 0 aliphatic rings. The average molecular weight is 275 g/mol. The highest BCUT2D eigenvalue weighted by Gasteiger charge is 2.18. The summed E-state index contributed by atoms with van der Waals surface area (Å²) in [5.74, 6) is -1.46. The molecule has 3 N–H and O–H groups in total. The van der Waals surface area contributed by atoms with Crippen LogP contribution in [-0.4, -0.2) is 34.1 Å². The summed E-state index contributed by atoms with van der Waals surface area (Å²) in [6.07, 6.45) is 1.50. The number of aromatic nitrogens is 2. The molecule has 0 aliphatic carbocycles. The van der Waals surface area contributed by atoms with E-state index in [4.69, 9.17) is 9.84 Å². The second-order valence-corrected chi connectivity index (χ2v) is 4.06. The fourth-order valence-electron chi connectivity index (χ4n) is 1.77. The van der Waals surface area contributed by atoms with E-state index in [-0.39, 0.29) is 22.8 Å². The minimum Gasteiger partial charge on any atom is -0.480 e. The van der Waals surface area contributed by atoms with Crippen LogP contribution in [0.3, 0.4) is 0 Å². The summed E-state index contributed by atoms with van der Waals surface area (Å²) in [6.45, 7) is 1.70. The number of carbonyl (C=O) groups is 2. The molecule has 104 valence electrons. The third-order valence-corrected chi connectivity index (χ3v) is 2.62. The lowest BCUT2D eigenvalue weighted by atomic mass is 10.2. The van der Waals surface area contributed by atoms with Gasteiger partial charge in [0, 0.05) is 11.9 Å². The minimum atomic E-state index is -1.15. The molecule has 0 aromatic carbocycles. The van der Waals surface area contributed by atoms with Gasteiger partial charge in [-0.2, -0.15) is 0 Å². The van der Waals surface area contributed by atoms with E-state index in [1.807, 2.05) is 0 Å². The molecular weight excluding hydrogens is 262 g/mol. The minimum absolute atomic E-state index is 0.0706. The maximum Gasteiger partial charge on any atom is 0.354 e. The fraction of sp³-hybridized carbons (Fsp3) is 0.154. The Kier molecular flexibility index (Phi) is 3.69. The number of aromatic amines is 1. The second kappa shape index (κ2) is 5.43. The molecular formula is C13H13N3O4. The highest BCUT2D eigenvalue weighted by molar-refractivity contribution is 6.08. The molecule has 0 aliphatic heterocycles.